The fourth-order valence-electron chi connectivity index (χ4n) is 1.84. The highest BCUT2D eigenvalue weighted by Gasteiger charge is 2.59. The molecular weight excluding hydrogens is 260 g/mol. The summed E-state index contributed by atoms with van der Waals surface area (Å²) in [6.45, 7) is 0. The van der Waals surface area contributed by atoms with Crippen LogP contribution in [0.3, 0.4) is 0 Å². The second kappa shape index (κ2) is 3.54. The molecule has 80 valence electrons. The summed E-state index contributed by atoms with van der Waals surface area (Å²) in [5.41, 5.74) is -1.27. The molecule has 0 saturated carbocycles. The zero-order valence-electron chi connectivity index (χ0n) is 7.36. The van der Waals surface area contributed by atoms with Gasteiger partial charge in [-0.15, -0.1) is 28.3 Å². The van der Waals surface area contributed by atoms with Gasteiger partial charge in [-0.25, -0.2) is 0 Å². The van der Waals surface area contributed by atoms with E-state index in [-0.39, 0.29) is 10.1 Å². The minimum atomic E-state index is -1.27. The Labute approximate surface area is 101 Å². The highest BCUT2D eigenvalue weighted by molar-refractivity contribution is 7.80. The van der Waals surface area contributed by atoms with E-state index in [0.29, 0.717) is 0 Å². The van der Waals surface area contributed by atoms with Gasteiger partial charge in [0.1, 0.15) is 15.2 Å². The molecule has 0 bridgehead atoms. The maximum absolute atomic E-state index is 13.4. The predicted molar refractivity (Wildman–Crippen MR) is 60.2 cm³/mol. The molecule has 0 radical (unpaired) electrons. The van der Waals surface area contributed by atoms with Crippen LogP contribution in [0.4, 0.5) is 4.48 Å². The second-order valence-corrected chi connectivity index (χ2v) is 4.89. The van der Waals surface area contributed by atoms with Gasteiger partial charge in [0.25, 0.3) is 5.91 Å². The number of nitrogens with zero attached hydrogens (tertiary/aromatic N) is 1. The van der Waals surface area contributed by atoms with Crippen LogP contribution in [-0.2, 0) is 4.79 Å². The van der Waals surface area contributed by atoms with Crippen molar-refractivity contribution in [3.8, 4) is 0 Å². The highest BCUT2D eigenvalue weighted by atomic mass is 35.5. The first-order valence-corrected chi connectivity index (χ1v) is 5.48. The number of hydrogen-bond donors (Lipinski definition) is 0. The van der Waals surface area contributed by atoms with Crippen LogP contribution < -0.4 is 0 Å². The van der Waals surface area contributed by atoms with E-state index >= 15 is 0 Å². The lowest BCUT2D eigenvalue weighted by Crippen LogP contribution is -2.39. The SMILES string of the molecule is O=C1N(F)C(=S)C2C=CC=CC12C(Cl)Cl. The standard InChI is InChI=1S/C9H6Cl2FNOS/c10-7(11)9-4-2-1-3-5(9)6(15)13(12)8(9)14/h1-5,7H. The van der Waals surface area contributed by atoms with Gasteiger partial charge >= 0.3 is 0 Å². The summed E-state index contributed by atoms with van der Waals surface area (Å²) < 4.78 is 13.4. The molecule has 1 aliphatic heterocycles. The van der Waals surface area contributed by atoms with Crippen molar-refractivity contribution in [1.82, 2.24) is 5.12 Å². The van der Waals surface area contributed by atoms with Gasteiger partial charge in [-0.1, -0.05) is 41.0 Å². The number of hydrogen-bond acceptors (Lipinski definition) is 2. The van der Waals surface area contributed by atoms with Crippen LogP contribution in [-0.4, -0.2) is 20.9 Å². The average Bonchev–Trinajstić information content (AvgIpc) is 2.43. The number of carbonyl (C=O) groups excluding carboxylic acids is 1. The molecule has 6 heteroatoms. The topological polar surface area (TPSA) is 20.3 Å². The van der Waals surface area contributed by atoms with E-state index in [9.17, 15) is 9.28 Å². The van der Waals surface area contributed by atoms with Gasteiger partial charge in [0.2, 0.25) is 0 Å². The first kappa shape index (κ1) is 11.0. The Morgan fingerprint density at radius 3 is 2.73 bits per heavy atom. The summed E-state index contributed by atoms with van der Waals surface area (Å²) in [5.74, 6) is -1.37. The Morgan fingerprint density at radius 1 is 1.53 bits per heavy atom. The zero-order chi connectivity index (χ0) is 11.2. The van der Waals surface area contributed by atoms with E-state index in [1.54, 1.807) is 18.2 Å². The molecule has 0 spiro atoms. The van der Waals surface area contributed by atoms with Crippen molar-refractivity contribution in [2.75, 3.05) is 0 Å². The van der Waals surface area contributed by atoms with Crippen LogP contribution in [0.1, 0.15) is 0 Å². The second-order valence-electron chi connectivity index (χ2n) is 3.38. The van der Waals surface area contributed by atoms with Crippen LogP contribution in [0.25, 0.3) is 0 Å². The highest BCUT2D eigenvalue weighted by Crippen LogP contribution is 2.49. The van der Waals surface area contributed by atoms with Crippen molar-refractivity contribution in [3.63, 3.8) is 0 Å². The Morgan fingerprint density at radius 2 is 2.20 bits per heavy atom. The smallest absolute Gasteiger partial charge is 0.269 e. The van der Waals surface area contributed by atoms with Gasteiger partial charge in [-0.2, -0.15) is 0 Å². The minimum Gasteiger partial charge on any atom is -0.271 e. The van der Waals surface area contributed by atoms with Crippen molar-refractivity contribution < 1.29 is 9.28 Å². The molecule has 2 atom stereocenters. The van der Waals surface area contributed by atoms with Crippen LogP contribution in [0, 0.1) is 11.3 Å². The molecule has 1 fully saturated rings. The van der Waals surface area contributed by atoms with Crippen molar-refractivity contribution in [3.05, 3.63) is 24.3 Å². The number of allylic oxidation sites excluding steroid dienone is 2. The molecule has 0 aromatic carbocycles. The number of thiocarbonyl (C=S) groups is 1. The largest absolute Gasteiger partial charge is 0.271 e. The van der Waals surface area contributed by atoms with Crippen LogP contribution in [0.15, 0.2) is 24.3 Å². The van der Waals surface area contributed by atoms with E-state index in [2.05, 4.69) is 0 Å². The third kappa shape index (κ3) is 1.28. The Kier molecular flexibility index (Phi) is 2.61. The summed E-state index contributed by atoms with van der Waals surface area (Å²) in [4.78, 5) is 10.6. The number of amides is 1. The monoisotopic (exact) mass is 265 g/mol. The maximum atomic E-state index is 13.4. The van der Waals surface area contributed by atoms with Gasteiger partial charge in [-0.3, -0.25) is 4.79 Å². The predicted octanol–water partition coefficient (Wildman–Crippen LogP) is 2.57. The van der Waals surface area contributed by atoms with E-state index < -0.39 is 22.1 Å². The van der Waals surface area contributed by atoms with E-state index in [0.717, 1.165) is 0 Å². The van der Waals surface area contributed by atoms with Crippen LogP contribution in [0.5, 0.6) is 0 Å². The van der Waals surface area contributed by atoms with E-state index in [4.69, 9.17) is 35.4 Å². The van der Waals surface area contributed by atoms with Gasteiger partial charge in [-0.05, 0) is 0 Å². The number of alkyl halides is 2. The molecule has 1 amide bonds. The van der Waals surface area contributed by atoms with Gasteiger partial charge in [0.05, 0.1) is 5.92 Å². The van der Waals surface area contributed by atoms with E-state index in [1.807, 2.05) is 0 Å². The number of rotatable bonds is 1. The van der Waals surface area contributed by atoms with E-state index in [1.165, 1.54) is 6.08 Å². The van der Waals surface area contributed by atoms with Gasteiger partial charge in [0.15, 0.2) is 0 Å². The third-order valence-electron chi connectivity index (χ3n) is 2.67. The lowest BCUT2D eigenvalue weighted by atomic mass is 9.76. The minimum absolute atomic E-state index is 0.0439. The summed E-state index contributed by atoms with van der Waals surface area (Å²) >= 11 is 16.4. The normalized spacial score (nSPS) is 34.1. The third-order valence-corrected chi connectivity index (χ3v) is 3.81. The first-order chi connectivity index (χ1) is 7.01. The summed E-state index contributed by atoms with van der Waals surface area (Å²) in [6, 6.07) is 0. The molecule has 0 aromatic rings. The van der Waals surface area contributed by atoms with Crippen LogP contribution in [0.2, 0.25) is 0 Å². The lowest BCUT2D eigenvalue weighted by Gasteiger charge is -2.29. The maximum Gasteiger partial charge on any atom is 0.269 e. The van der Waals surface area contributed by atoms with Gasteiger partial charge in [0, 0.05) is 0 Å². The number of carbonyl (C=O) groups is 1. The molecule has 0 N–H and O–H groups in total. The molecule has 0 aromatic heterocycles. The number of fused-ring (bicyclic) bond motifs is 1. The summed E-state index contributed by atoms with van der Waals surface area (Å²) in [5, 5.41) is -0.0439. The Hall–Kier alpha value is -0.450. The number of halogens is 3. The molecule has 2 nitrogen and oxygen atoms in total. The quantitative estimate of drug-likeness (QED) is 0.413. The average molecular weight is 266 g/mol. The first-order valence-electron chi connectivity index (χ1n) is 4.20. The van der Waals surface area contributed by atoms with Crippen molar-refractivity contribution >= 4 is 46.3 Å². The van der Waals surface area contributed by atoms with Crippen molar-refractivity contribution in [2.24, 2.45) is 11.3 Å². The summed E-state index contributed by atoms with van der Waals surface area (Å²) in [7, 11) is 0. The van der Waals surface area contributed by atoms with Crippen molar-refractivity contribution in [2.45, 2.75) is 4.84 Å². The lowest BCUT2D eigenvalue weighted by molar-refractivity contribution is -0.141. The molecule has 1 saturated heterocycles. The molecule has 1 aliphatic carbocycles. The fraction of sp³-hybridized carbons (Fsp3) is 0.333. The van der Waals surface area contributed by atoms with Crippen LogP contribution >= 0.6 is 35.4 Å². The molecule has 2 unspecified atom stereocenters. The summed E-state index contributed by atoms with van der Waals surface area (Å²) in [6.07, 6.45) is 6.46. The Balaban J connectivity index is 2.57. The zero-order valence-corrected chi connectivity index (χ0v) is 9.69. The molecule has 2 aliphatic rings. The molecule has 1 heterocycles. The van der Waals surface area contributed by atoms with Crippen molar-refractivity contribution in [1.29, 1.82) is 0 Å². The Bertz CT molecular complexity index is 396. The molecule has 2 rings (SSSR count). The molecular formula is C9H6Cl2FNOS. The van der Waals surface area contributed by atoms with Gasteiger partial charge < -0.3 is 0 Å². The fourth-order valence-corrected chi connectivity index (χ4v) is 2.80. The molecule has 15 heavy (non-hydrogen) atoms.